The van der Waals surface area contributed by atoms with Crippen LogP contribution in [0.5, 0.6) is 0 Å². The second-order valence-corrected chi connectivity index (χ2v) is 5.82. The van der Waals surface area contributed by atoms with Gasteiger partial charge in [0.1, 0.15) is 6.10 Å². The van der Waals surface area contributed by atoms with E-state index in [9.17, 15) is 19.8 Å². The highest BCUT2D eigenvalue weighted by Crippen LogP contribution is 2.36. The van der Waals surface area contributed by atoms with E-state index in [0.717, 1.165) is 17.9 Å². The number of aliphatic hydroxyl groups is 2. The summed E-state index contributed by atoms with van der Waals surface area (Å²) in [7, 11) is 0. The van der Waals surface area contributed by atoms with Crippen molar-refractivity contribution in [2.75, 3.05) is 6.61 Å². The molecule has 0 amide bonds. The van der Waals surface area contributed by atoms with Crippen LogP contribution in [0, 0.1) is 0 Å². The number of benzene rings is 1. The maximum atomic E-state index is 12.7. The number of hydrogen-bond donors (Lipinski definition) is 2. The van der Waals surface area contributed by atoms with Crippen LogP contribution in [0.3, 0.4) is 0 Å². The van der Waals surface area contributed by atoms with Gasteiger partial charge in [0.15, 0.2) is 17.2 Å². The van der Waals surface area contributed by atoms with Crippen molar-refractivity contribution in [2.24, 2.45) is 0 Å². The molecule has 1 aliphatic rings. The molecule has 2 N–H and O–H groups in total. The average Bonchev–Trinajstić information content (AvgIpc) is 2.68. The molecule has 3 atom stereocenters. The van der Waals surface area contributed by atoms with Crippen molar-refractivity contribution in [3.63, 3.8) is 0 Å². The fourth-order valence-electron chi connectivity index (χ4n) is 2.85. The second kappa shape index (κ2) is 7.91. The van der Waals surface area contributed by atoms with Crippen LogP contribution in [-0.4, -0.2) is 45.7 Å². The first kappa shape index (κ1) is 16.4. The van der Waals surface area contributed by atoms with Crippen LogP contribution in [0.15, 0.2) is 42.7 Å². The molecule has 6 nitrogen and oxygen atoms in total. The molecule has 1 heterocycles. The van der Waals surface area contributed by atoms with Gasteiger partial charge < -0.3 is 19.7 Å². The number of rotatable bonds is 8. The number of aliphatic hydroxyl groups excluding tert-OH is 1. The zero-order valence-electron chi connectivity index (χ0n) is 15.9. The summed E-state index contributed by atoms with van der Waals surface area (Å²) in [5, 5.41) is 21.0. The lowest BCUT2D eigenvalue weighted by molar-refractivity contribution is -0.211. The van der Waals surface area contributed by atoms with Crippen molar-refractivity contribution in [3.05, 3.63) is 48.2 Å². The predicted octanol–water partition coefficient (Wildman–Crippen LogP) is 1.54. The van der Waals surface area contributed by atoms with Gasteiger partial charge in [-0.1, -0.05) is 44.1 Å². The molecule has 0 saturated heterocycles. The minimum Gasteiger partial charge on any atom is -0.482 e. The summed E-state index contributed by atoms with van der Waals surface area (Å²) in [4.78, 5) is 25.2. The molecule has 1 aromatic rings. The Morgan fingerprint density at radius 3 is 2.56 bits per heavy atom. The molecule has 136 valence electrons. The molecule has 0 aromatic heterocycles. The molecule has 0 bridgehead atoms. The zero-order chi connectivity index (χ0) is 19.9. The topological polar surface area (TPSA) is 93.1 Å². The third kappa shape index (κ3) is 3.51. The Balaban J connectivity index is 2.43. The molecule has 0 unspecified atom stereocenters. The average molecular weight is 350 g/mol. The fraction of sp³-hybridized carbons (Fsp3) is 0.474. The smallest absolute Gasteiger partial charge is 0.218 e. The number of carbonyl (C=O) groups excluding carboxylic acids is 2. The van der Waals surface area contributed by atoms with E-state index in [-0.39, 0.29) is 33.2 Å². The Hall–Kier alpha value is -2.02. The first-order valence-corrected chi connectivity index (χ1v) is 7.94. The third-order valence-corrected chi connectivity index (χ3v) is 4.29. The standard InChI is InChI=1S/C19H24O6/c1-3-15(21)18(23)10-11-25-19(13-20,16(22)4-2)17(18)24-12-14-8-6-5-7-9-14/h5-11,17,20,23H,3-4,12-13H2,1-2H3/t17-,18+,19+/m1/s1/i1D,2D. The minimum atomic E-state index is -2.23. The first-order chi connectivity index (χ1) is 12.9. The number of ether oxygens (including phenoxy) is 2. The van der Waals surface area contributed by atoms with Crippen LogP contribution < -0.4 is 0 Å². The van der Waals surface area contributed by atoms with Gasteiger partial charge in [-0.15, -0.1) is 0 Å². The van der Waals surface area contributed by atoms with Crippen LogP contribution in [-0.2, 0) is 25.7 Å². The molecular formula is C19H24O6. The number of hydrogen-bond acceptors (Lipinski definition) is 6. The summed E-state index contributed by atoms with van der Waals surface area (Å²) in [5.41, 5.74) is -3.49. The predicted molar refractivity (Wildman–Crippen MR) is 90.6 cm³/mol. The quantitative estimate of drug-likeness (QED) is 0.739. The van der Waals surface area contributed by atoms with Crippen molar-refractivity contribution < 1.29 is 32.0 Å². The lowest BCUT2D eigenvalue weighted by atomic mass is 9.76. The first-order valence-electron chi connectivity index (χ1n) is 9.35. The molecule has 6 heteroatoms. The molecule has 1 aliphatic heterocycles. The normalized spacial score (nSPS) is 29.4. The van der Waals surface area contributed by atoms with E-state index in [4.69, 9.17) is 12.2 Å². The highest BCUT2D eigenvalue weighted by atomic mass is 16.6. The summed E-state index contributed by atoms with van der Waals surface area (Å²) in [6.45, 7) is -1.34. The minimum absolute atomic E-state index is 0.0327. The Morgan fingerprint density at radius 2 is 1.92 bits per heavy atom. The van der Waals surface area contributed by atoms with Gasteiger partial charge in [-0.2, -0.15) is 0 Å². The molecule has 0 radical (unpaired) electrons. The lowest BCUT2D eigenvalue weighted by Crippen LogP contribution is -2.67. The highest BCUT2D eigenvalue weighted by Gasteiger charge is 2.60. The number of ketones is 2. The van der Waals surface area contributed by atoms with Crippen molar-refractivity contribution in [1.29, 1.82) is 0 Å². The summed E-state index contributed by atoms with van der Waals surface area (Å²) >= 11 is 0. The van der Waals surface area contributed by atoms with Gasteiger partial charge in [-0.3, -0.25) is 9.59 Å². The summed E-state index contributed by atoms with van der Waals surface area (Å²) in [5.74, 6) is -1.34. The van der Waals surface area contributed by atoms with Crippen LogP contribution in [0.2, 0.25) is 0 Å². The van der Waals surface area contributed by atoms with Gasteiger partial charge in [-0.25, -0.2) is 0 Å². The fourth-order valence-corrected chi connectivity index (χ4v) is 2.85. The van der Waals surface area contributed by atoms with E-state index in [1.165, 1.54) is 0 Å². The van der Waals surface area contributed by atoms with E-state index < -0.39 is 35.5 Å². The highest BCUT2D eigenvalue weighted by molar-refractivity contribution is 5.94. The van der Waals surface area contributed by atoms with Gasteiger partial charge in [0.2, 0.25) is 5.60 Å². The molecular weight excluding hydrogens is 324 g/mol. The Labute approximate surface area is 149 Å². The largest absolute Gasteiger partial charge is 0.482 e. The van der Waals surface area contributed by atoms with Gasteiger partial charge in [-0.05, 0) is 11.6 Å². The Kier molecular flexibility index (Phi) is 5.20. The zero-order valence-corrected chi connectivity index (χ0v) is 13.9. The number of Topliss-reactive ketones (excluding diaryl/α,β-unsaturated/α-hetero) is 2. The molecule has 2 rings (SSSR count). The van der Waals surface area contributed by atoms with Crippen molar-refractivity contribution >= 4 is 11.6 Å². The van der Waals surface area contributed by atoms with Gasteiger partial charge >= 0.3 is 0 Å². The molecule has 0 aliphatic carbocycles. The maximum Gasteiger partial charge on any atom is 0.218 e. The molecule has 0 saturated carbocycles. The second-order valence-electron chi connectivity index (χ2n) is 5.82. The van der Waals surface area contributed by atoms with Crippen molar-refractivity contribution in [2.45, 2.75) is 50.6 Å². The van der Waals surface area contributed by atoms with E-state index >= 15 is 0 Å². The maximum absolute atomic E-state index is 12.7. The monoisotopic (exact) mass is 350 g/mol. The summed E-state index contributed by atoms with van der Waals surface area (Å²) in [6, 6.07) is 8.95. The summed E-state index contributed by atoms with van der Waals surface area (Å²) < 4.78 is 25.7. The van der Waals surface area contributed by atoms with Crippen molar-refractivity contribution in [1.82, 2.24) is 0 Å². The Bertz CT molecular complexity index is 680. The summed E-state index contributed by atoms with van der Waals surface area (Å²) in [6.07, 6.45) is 0.0890. The van der Waals surface area contributed by atoms with Gasteiger partial charge in [0.05, 0.1) is 19.5 Å². The van der Waals surface area contributed by atoms with Crippen LogP contribution >= 0.6 is 0 Å². The van der Waals surface area contributed by atoms with Crippen LogP contribution in [0.1, 0.15) is 34.9 Å². The van der Waals surface area contributed by atoms with Gasteiger partial charge in [0, 0.05) is 15.6 Å². The van der Waals surface area contributed by atoms with Crippen molar-refractivity contribution in [3.8, 4) is 0 Å². The van der Waals surface area contributed by atoms with E-state index in [2.05, 4.69) is 0 Å². The number of carbonyl (C=O) groups is 2. The molecule has 0 spiro atoms. The molecule has 1 aromatic carbocycles. The lowest BCUT2D eigenvalue weighted by Gasteiger charge is -2.46. The molecule has 25 heavy (non-hydrogen) atoms. The van der Waals surface area contributed by atoms with E-state index in [1.54, 1.807) is 24.3 Å². The SMILES string of the molecule is [2H]CCC(=O)[C@]1(CO)OC=C[C@](O)(C(=O)CC[2H])[C@H]1OCc1ccccc1. The van der Waals surface area contributed by atoms with Crippen LogP contribution in [0.25, 0.3) is 0 Å². The van der Waals surface area contributed by atoms with Gasteiger partial charge in [0.25, 0.3) is 0 Å². The molecule has 0 fully saturated rings. The van der Waals surface area contributed by atoms with E-state index in [1.807, 2.05) is 6.07 Å². The Morgan fingerprint density at radius 1 is 1.24 bits per heavy atom. The van der Waals surface area contributed by atoms with E-state index in [0.29, 0.717) is 0 Å². The third-order valence-electron chi connectivity index (χ3n) is 4.29. The van der Waals surface area contributed by atoms with Crippen LogP contribution in [0.4, 0.5) is 0 Å².